The molecule has 0 bridgehead atoms. The topological polar surface area (TPSA) is 34.0 Å². The Morgan fingerprint density at radius 2 is 1.86 bits per heavy atom. The second-order valence-electron chi connectivity index (χ2n) is 6.17. The molecule has 0 radical (unpaired) electrons. The van der Waals surface area contributed by atoms with Crippen LogP contribution in [-0.4, -0.2) is 32.8 Å². The maximum atomic E-state index is 4.44. The highest BCUT2D eigenvalue weighted by Crippen LogP contribution is 2.28. The van der Waals surface area contributed by atoms with Crippen LogP contribution in [-0.2, 0) is 0 Å². The first-order valence-electron chi connectivity index (χ1n) is 7.90. The molecule has 2 heterocycles. The number of rotatable bonds is 4. The predicted molar refractivity (Wildman–Crippen MR) is 85.1 cm³/mol. The minimum Gasteiger partial charge on any atom is -0.297 e. The van der Waals surface area contributed by atoms with Gasteiger partial charge in [0.25, 0.3) is 0 Å². The van der Waals surface area contributed by atoms with Crippen LogP contribution < -0.4 is 0 Å². The zero-order valence-corrected chi connectivity index (χ0v) is 13.2. The summed E-state index contributed by atoms with van der Waals surface area (Å²) in [6, 6.07) is 9.55. The molecule has 0 amide bonds. The van der Waals surface area contributed by atoms with Crippen molar-refractivity contribution in [2.75, 3.05) is 13.1 Å². The second-order valence-corrected chi connectivity index (χ2v) is 6.17. The highest BCUT2D eigenvalue weighted by molar-refractivity contribution is 5.56. The summed E-state index contributed by atoms with van der Waals surface area (Å²) in [5, 5.41) is 4.34. The van der Waals surface area contributed by atoms with Gasteiger partial charge in [-0.05, 0) is 58.3 Å². The van der Waals surface area contributed by atoms with Gasteiger partial charge in [0.2, 0.25) is 0 Å². The Hall–Kier alpha value is -1.68. The summed E-state index contributed by atoms with van der Waals surface area (Å²) in [4.78, 5) is 7.01. The van der Waals surface area contributed by atoms with Crippen LogP contribution in [0.15, 0.2) is 30.6 Å². The van der Waals surface area contributed by atoms with Crippen LogP contribution in [0.5, 0.6) is 0 Å². The lowest BCUT2D eigenvalue weighted by Gasteiger charge is -2.24. The van der Waals surface area contributed by atoms with Gasteiger partial charge in [-0.1, -0.05) is 18.2 Å². The molecule has 0 aliphatic carbocycles. The Kier molecular flexibility index (Phi) is 4.06. The Labute approximate surface area is 126 Å². The number of hydrogen-bond acceptors (Lipinski definition) is 3. The van der Waals surface area contributed by atoms with E-state index in [-0.39, 0.29) is 0 Å². The summed E-state index contributed by atoms with van der Waals surface area (Å²) in [5.74, 6) is 0.959. The van der Waals surface area contributed by atoms with E-state index >= 15 is 0 Å². The molecule has 112 valence electrons. The van der Waals surface area contributed by atoms with E-state index < -0.39 is 0 Å². The van der Waals surface area contributed by atoms with Gasteiger partial charge in [-0.2, -0.15) is 5.10 Å². The van der Waals surface area contributed by atoms with Gasteiger partial charge in [0.15, 0.2) is 5.82 Å². The molecule has 1 aromatic heterocycles. The van der Waals surface area contributed by atoms with Crippen LogP contribution in [0.4, 0.5) is 0 Å². The maximum Gasteiger partial charge on any atom is 0.158 e. The van der Waals surface area contributed by atoms with Crippen molar-refractivity contribution in [2.45, 2.75) is 45.7 Å². The molecule has 1 saturated heterocycles. The van der Waals surface area contributed by atoms with Crippen LogP contribution in [0.1, 0.15) is 51.3 Å². The van der Waals surface area contributed by atoms with Gasteiger partial charge in [-0.25, -0.2) is 9.67 Å². The highest BCUT2D eigenvalue weighted by atomic mass is 15.3. The normalized spacial score (nSPS) is 17.5. The van der Waals surface area contributed by atoms with Crippen LogP contribution >= 0.6 is 0 Å². The van der Waals surface area contributed by atoms with Gasteiger partial charge in [0, 0.05) is 17.6 Å². The van der Waals surface area contributed by atoms with E-state index in [2.05, 4.69) is 60.0 Å². The Balaban J connectivity index is 1.90. The van der Waals surface area contributed by atoms with Gasteiger partial charge < -0.3 is 0 Å². The zero-order valence-electron chi connectivity index (χ0n) is 13.2. The molecule has 4 nitrogen and oxygen atoms in total. The summed E-state index contributed by atoms with van der Waals surface area (Å²) >= 11 is 0. The van der Waals surface area contributed by atoms with Crippen LogP contribution in [0.2, 0.25) is 0 Å². The smallest absolute Gasteiger partial charge is 0.158 e. The lowest BCUT2D eigenvalue weighted by atomic mass is 10.0. The van der Waals surface area contributed by atoms with Crippen molar-refractivity contribution < 1.29 is 0 Å². The Bertz CT molecular complexity index is 596. The van der Waals surface area contributed by atoms with Crippen LogP contribution in [0.25, 0.3) is 11.4 Å². The molecule has 21 heavy (non-hydrogen) atoms. The summed E-state index contributed by atoms with van der Waals surface area (Å²) in [6.45, 7) is 9.00. The largest absolute Gasteiger partial charge is 0.297 e. The zero-order chi connectivity index (χ0) is 14.8. The van der Waals surface area contributed by atoms with E-state index in [1.807, 2.05) is 4.68 Å². The van der Waals surface area contributed by atoms with E-state index in [1.165, 1.54) is 31.5 Å². The molecule has 3 rings (SSSR count). The van der Waals surface area contributed by atoms with E-state index in [1.54, 1.807) is 6.33 Å². The third-order valence-corrected chi connectivity index (χ3v) is 4.38. The summed E-state index contributed by atoms with van der Waals surface area (Å²) in [7, 11) is 0. The molecule has 1 aliphatic heterocycles. The van der Waals surface area contributed by atoms with Gasteiger partial charge in [-0.15, -0.1) is 0 Å². The molecule has 1 aromatic carbocycles. The van der Waals surface area contributed by atoms with Gasteiger partial charge in [-0.3, -0.25) is 4.90 Å². The van der Waals surface area contributed by atoms with Crippen LogP contribution in [0, 0.1) is 0 Å². The molecular formula is C17H24N4. The Morgan fingerprint density at radius 3 is 2.57 bits per heavy atom. The number of aromatic nitrogens is 3. The number of benzene rings is 1. The van der Waals surface area contributed by atoms with Crippen molar-refractivity contribution in [3.05, 3.63) is 36.2 Å². The fourth-order valence-corrected chi connectivity index (χ4v) is 3.11. The molecule has 0 N–H and O–H groups in total. The van der Waals surface area contributed by atoms with Gasteiger partial charge in [0.1, 0.15) is 6.33 Å². The van der Waals surface area contributed by atoms with Crippen molar-refractivity contribution in [3.63, 3.8) is 0 Å². The molecule has 0 saturated carbocycles. The summed E-state index contributed by atoms with van der Waals surface area (Å²) in [6.07, 6.45) is 4.29. The van der Waals surface area contributed by atoms with Gasteiger partial charge >= 0.3 is 0 Å². The fourth-order valence-electron chi connectivity index (χ4n) is 3.11. The third kappa shape index (κ3) is 2.86. The molecule has 0 spiro atoms. The predicted octanol–water partition coefficient (Wildman–Crippen LogP) is 3.68. The third-order valence-electron chi connectivity index (χ3n) is 4.38. The fraction of sp³-hybridized carbons (Fsp3) is 0.529. The maximum absolute atomic E-state index is 4.44. The van der Waals surface area contributed by atoms with E-state index in [4.69, 9.17) is 0 Å². The minimum atomic E-state index is 0.321. The van der Waals surface area contributed by atoms with E-state index in [9.17, 15) is 0 Å². The monoisotopic (exact) mass is 284 g/mol. The van der Waals surface area contributed by atoms with Gasteiger partial charge in [0.05, 0.1) is 0 Å². The standard InChI is InChI=1S/C17H24N4/c1-13(2)21-17(18-12-19-21)16-8-6-7-15(11-16)14(3)20-9-4-5-10-20/h6-8,11-14H,4-5,9-10H2,1-3H3/t14-/m0/s1. The molecule has 4 heteroatoms. The van der Waals surface area contributed by atoms with E-state index in [0.29, 0.717) is 12.1 Å². The molecule has 1 fully saturated rings. The van der Waals surface area contributed by atoms with Crippen molar-refractivity contribution in [2.24, 2.45) is 0 Å². The lowest BCUT2D eigenvalue weighted by Crippen LogP contribution is -2.23. The average Bonchev–Trinajstić information content (AvgIpc) is 3.17. The highest BCUT2D eigenvalue weighted by Gasteiger charge is 2.20. The summed E-state index contributed by atoms with van der Waals surface area (Å²) < 4.78 is 1.99. The van der Waals surface area contributed by atoms with Crippen molar-refractivity contribution in [3.8, 4) is 11.4 Å². The Morgan fingerprint density at radius 1 is 1.10 bits per heavy atom. The van der Waals surface area contributed by atoms with Crippen molar-refractivity contribution in [1.82, 2.24) is 19.7 Å². The first kappa shape index (κ1) is 14.3. The quantitative estimate of drug-likeness (QED) is 0.858. The lowest BCUT2D eigenvalue weighted by molar-refractivity contribution is 0.263. The first-order chi connectivity index (χ1) is 10.2. The number of likely N-dealkylation sites (tertiary alicyclic amines) is 1. The number of nitrogens with zero attached hydrogens (tertiary/aromatic N) is 4. The molecular weight excluding hydrogens is 260 g/mol. The molecule has 1 aliphatic rings. The number of hydrogen-bond donors (Lipinski definition) is 0. The first-order valence-corrected chi connectivity index (χ1v) is 7.90. The van der Waals surface area contributed by atoms with Crippen LogP contribution in [0.3, 0.4) is 0 Å². The minimum absolute atomic E-state index is 0.321. The van der Waals surface area contributed by atoms with Crippen molar-refractivity contribution >= 4 is 0 Å². The second kappa shape index (κ2) is 5.98. The van der Waals surface area contributed by atoms with E-state index in [0.717, 1.165) is 11.4 Å². The summed E-state index contributed by atoms with van der Waals surface area (Å²) in [5.41, 5.74) is 2.53. The van der Waals surface area contributed by atoms with Crippen molar-refractivity contribution in [1.29, 1.82) is 0 Å². The average molecular weight is 284 g/mol. The molecule has 2 aromatic rings. The molecule has 1 atom stereocenters. The molecule has 0 unspecified atom stereocenters. The SMILES string of the molecule is CC(C)n1ncnc1-c1cccc([C@H](C)N2CCCC2)c1.